The lowest BCUT2D eigenvalue weighted by atomic mass is 9.84. The van der Waals surface area contributed by atoms with Crippen LogP contribution in [0.15, 0.2) is 47.2 Å². The van der Waals surface area contributed by atoms with Gasteiger partial charge in [0, 0.05) is 5.38 Å². The number of ether oxygens (including phenoxy) is 4. The molecule has 2 saturated heterocycles. The first-order valence-corrected chi connectivity index (χ1v) is 23.9. The Morgan fingerprint density at radius 3 is 2.19 bits per heavy atom. The number of benzene rings is 1. The van der Waals surface area contributed by atoms with Gasteiger partial charge in [0.25, 0.3) is 17.9 Å². The number of nitrogens with zero attached hydrogens (tertiary/aromatic N) is 6. The van der Waals surface area contributed by atoms with Gasteiger partial charge in [-0.2, -0.15) is 14.0 Å². The smallest absolute Gasteiger partial charge is 0.413 e. The summed E-state index contributed by atoms with van der Waals surface area (Å²) in [5.41, 5.74) is 0.654. The molecule has 0 spiro atoms. The van der Waals surface area contributed by atoms with E-state index in [1.165, 1.54) is 24.1 Å². The SMILES string of the molecule is CC(C)(C)OC(=O)Nc1nc(/C(=N/OC(COc2ccc(-c3cn(CCCN)[n+](CC4(F)CN(C(=O)OC(C)(C)C)C4)c3)cc2)C(=O)OC(C)(C)C)C(=O)N[C@@H]2C(=O)N(OS(=O)(=O)[O-])C2(C)C)cs1. The van der Waals surface area contributed by atoms with Crippen LogP contribution in [0.3, 0.4) is 0 Å². The van der Waals surface area contributed by atoms with Crippen LogP contribution in [0.25, 0.3) is 11.1 Å². The molecule has 4 N–H and O–H groups in total. The Balaban J connectivity index is 1.36. The van der Waals surface area contributed by atoms with Crippen molar-refractivity contribution in [3.63, 3.8) is 0 Å². The van der Waals surface area contributed by atoms with E-state index in [9.17, 15) is 36.9 Å². The first-order chi connectivity index (χ1) is 31.7. The van der Waals surface area contributed by atoms with E-state index >= 15 is 4.39 Å². The molecule has 2 aliphatic rings. The normalized spacial score (nSPS) is 17.5. The highest BCUT2D eigenvalue weighted by molar-refractivity contribution is 7.80. The number of nitrogens with one attached hydrogen (secondary N) is 2. The minimum Gasteiger partial charge on any atom is -0.724 e. The Bertz CT molecular complexity index is 2520. The third-order valence-corrected chi connectivity index (χ3v) is 10.9. The van der Waals surface area contributed by atoms with E-state index in [1.54, 1.807) is 97.5 Å². The van der Waals surface area contributed by atoms with E-state index in [0.717, 1.165) is 22.5 Å². The van der Waals surface area contributed by atoms with Gasteiger partial charge in [-0.05, 0) is 107 Å². The summed E-state index contributed by atoms with van der Waals surface area (Å²) in [6.07, 6.45) is 1.22. The van der Waals surface area contributed by atoms with E-state index in [-0.39, 0.29) is 36.2 Å². The highest BCUT2D eigenvalue weighted by Gasteiger charge is 2.58. The number of rotatable bonds is 18. The first-order valence-electron chi connectivity index (χ1n) is 21.7. The summed E-state index contributed by atoms with van der Waals surface area (Å²) in [5, 5.41) is 10.4. The van der Waals surface area contributed by atoms with Crippen LogP contribution in [0.4, 0.5) is 19.1 Å². The first kappa shape index (κ1) is 54.0. The fourth-order valence-corrected chi connectivity index (χ4v) is 7.84. The molecule has 23 nitrogen and oxygen atoms in total. The fraction of sp³-hybridized carbons (Fsp3) is 0.581. The number of hydroxylamine groups is 2. The highest BCUT2D eigenvalue weighted by Crippen LogP contribution is 2.33. The molecule has 3 aromatic rings. The largest absolute Gasteiger partial charge is 0.724 e. The van der Waals surface area contributed by atoms with Crippen LogP contribution < -0.4 is 25.8 Å². The maximum Gasteiger partial charge on any atom is 0.413 e. The molecular weight excluding hydrogens is 950 g/mol. The number of hydrogen-bond acceptors (Lipinski definition) is 18. The Morgan fingerprint density at radius 2 is 1.62 bits per heavy atom. The Hall–Kier alpha value is -5.96. The molecule has 2 aromatic heterocycles. The molecule has 1 unspecified atom stereocenters. The van der Waals surface area contributed by atoms with Crippen molar-refractivity contribution >= 4 is 62.5 Å². The van der Waals surface area contributed by atoms with Crippen LogP contribution in [-0.2, 0) is 61.2 Å². The van der Waals surface area contributed by atoms with Gasteiger partial charge in [0.1, 0.15) is 40.9 Å². The molecule has 0 saturated carbocycles. The zero-order valence-corrected chi connectivity index (χ0v) is 41.9. The number of likely N-dealkylation sites (tertiary alicyclic amines) is 1. The second-order valence-electron chi connectivity index (χ2n) is 19.8. The molecule has 26 heteroatoms. The van der Waals surface area contributed by atoms with Crippen LogP contribution in [0.2, 0.25) is 0 Å². The summed E-state index contributed by atoms with van der Waals surface area (Å²) in [6.45, 7) is 17.8. The van der Waals surface area contributed by atoms with Crippen molar-refractivity contribution in [1.29, 1.82) is 0 Å². The third-order valence-electron chi connectivity index (χ3n) is 9.76. The van der Waals surface area contributed by atoms with Gasteiger partial charge in [-0.1, -0.05) is 17.3 Å². The van der Waals surface area contributed by atoms with Crippen molar-refractivity contribution in [1.82, 2.24) is 24.9 Å². The van der Waals surface area contributed by atoms with Gasteiger partial charge in [0.2, 0.25) is 28.8 Å². The van der Waals surface area contributed by atoms with Crippen molar-refractivity contribution in [2.75, 3.05) is 31.6 Å². The lowest BCUT2D eigenvalue weighted by Gasteiger charge is -2.51. The fourth-order valence-electron chi connectivity index (χ4n) is 6.71. The van der Waals surface area contributed by atoms with Gasteiger partial charge in [-0.15, -0.1) is 16.0 Å². The average Bonchev–Trinajstić information content (AvgIpc) is 3.82. The molecule has 5 rings (SSSR count). The maximum absolute atomic E-state index is 15.9. The summed E-state index contributed by atoms with van der Waals surface area (Å²) >= 11 is 0.870. The van der Waals surface area contributed by atoms with Crippen molar-refractivity contribution in [2.45, 2.75) is 136 Å². The Morgan fingerprint density at radius 1 is 1.00 bits per heavy atom. The zero-order valence-electron chi connectivity index (χ0n) is 40.3. The predicted octanol–water partition coefficient (Wildman–Crippen LogP) is 3.56. The van der Waals surface area contributed by atoms with Gasteiger partial charge >= 0.3 is 18.2 Å². The van der Waals surface area contributed by atoms with Crippen LogP contribution in [0, 0.1) is 0 Å². The standard InChI is InChI=1S/C43H60FN9O14S2/c1-39(2,3)63-35(56)30(21-62-28-15-13-26(14-16-28)27-19-51(18-12-17-45)52(20-27)25-43(44)23-50(24-43)38(58)65-41(7,8)9)66-49-31(29-22-68-36(46-29)48-37(57)64-40(4,5)6)33(54)47-32-34(55)53(42(32,10)11)67-69(59,60)61/h13-16,19-20,22,30,32H,12,17-18,21,23-25,45H2,1-11H3,(H2-,46,47,48,54,57,59,60,61)/b49-31-/t30?,32-/m1/s1. The summed E-state index contributed by atoms with van der Waals surface area (Å²) < 4.78 is 79.8. The predicted molar refractivity (Wildman–Crippen MR) is 244 cm³/mol. The average molecular weight is 1010 g/mol. The molecule has 4 amide bonds. The number of aromatic nitrogens is 3. The number of carbonyl (C=O) groups excluding carboxylic acids is 5. The van der Waals surface area contributed by atoms with Gasteiger partial charge in [0.05, 0.1) is 36.9 Å². The maximum atomic E-state index is 15.9. The lowest BCUT2D eigenvalue weighted by molar-refractivity contribution is -0.785. The number of carbonyl (C=O) groups is 5. The van der Waals surface area contributed by atoms with Gasteiger partial charge in [0.15, 0.2) is 10.8 Å². The van der Waals surface area contributed by atoms with E-state index in [0.29, 0.717) is 24.6 Å². The molecule has 2 aliphatic heterocycles. The third kappa shape index (κ3) is 15.0. The number of halogens is 1. The topological polar surface area (TPSA) is 289 Å². The number of β-lactam (4-membered cyclic amide) rings is 1. The van der Waals surface area contributed by atoms with Crippen molar-refractivity contribution in [3.05, 3.63) is 47.7 Å². The molecular formula is C43H60FN9O14S2. The minimum atomic E-state index is -5.35. The van der Waals surface area contributed by atoms with E-state index in [1.807, 2.05) is 10.9 Å². The van der Waals surface area contributed by atoms with Crippen molar-refractivity contribution < 1.29 is 74.1 Å². The second-order valence-corrected chi connectivity index (χ2v) is 21.7. The van der Waals surface area contributed by atoms with Gasteiger partial charge in [-0.3, -0.25) is 14.9 Å². The highest BCUT2D eigenvalue weighted by atomic mass is 32.3. The summed E-state index contributed by atoms with van der Waals surface area (Å²) in [7, 11) is -5.35. The number of oxime groups is 1. The number of nitrogens with two attached hydrogens (primary N) is 1. The quantitative estimate of drug-likeness (QED) is 0.0240. The zero-order chi connectivity index (χ0) is 51.5. The molecule has 4 heterocycles. The molecule has 69 heavy (non-hydrogen) atoms. The molecule has 0 aliphatic carbocycles. The minimum absolute atomic E-state index is 0.0260. The number of amides is 4. The van der Waals surface area contributed by atoms with E-state index in [2.05, 4.69) is 25.1 Å². The molecule has 2 fully saturated rings. The van der Waals surface area contributed by atoms with Crippen LogP contribution in [-0.4, -0.2) is 135 Å². The van der Waals surface area contributed by atoms with Crippen molar-refractivity contribution in [2.24, 2.45) is 10.9 Å². The van der Waals surface area contributed by atoms with Gasteiger partial charge < -0.3 is 44.3 Å². The van der Waals surface area contributed by atoms with E-state index < -0.39 is 92.8 Å². The number of aryl methyl sites for hydroxylation is 1. The summed E-state index contributed by atoms with van der Waals surface area (Å²) in [5.74, 6) is -2.84. The Labute approximate surface area is 403 Å². The summed E-state index contributed by atoms with van der Waals surface area (Å²) in [4.78, 5) is 76.6. The molecule has 1 aromatic carbocycles. The second kappa shape index (κ2) is 20.6. The summed E-state index contributed by atoms with van der Waals surface area (Å²) in [6, 6.07) is 5.31. The molecule has 380 valence electrons. The van der Waals surface area contributed by atoms with Crippen molar-refractivity contribution in [3.8, 4) is 16.9 Å². The number of thiazole rings is 1. The number of anilines is 1. The number of hydrogen-bond donors (Lipinski definition) is 3. The van der Waals surface area contributed by atoms with Crippen LogP contribution >= 0.6 is 11.3 Å². The lowest BCUT2D eigenvalue weighted by Crippen LogP contribution is -2.76. The Kier molecular flexibility index (Phi) is 16.1. The monoisotopic (exact) mass is 1010 g/mol. The van der Waals surface area contributed by atoms with Crippen LogP contribution in [0.5, 0.6) is 5.75 Å². The molecule has 0 radical (unpaired) electrons. The molecule has 0 bridgehead atoms. The van der Waals surface area contributed by atoms with Gasteiger partial charge in [-0.25, -0.2) is 32.2 Å². The molecule has 2 atom stereocenters. The van der Waals surface area contributed by atoms with E-state index in [4.69, 9.17) is 29.5 Å². The van der Waals surface area contributed by atoms with Crippen LogP contribution in [0.1, 0.15) is 88.3 Å². The number of alkyl halides is 1. The number of esters is 1.